The summed E-state index contributed by atoms with van der Waals surface area (Å²) in [6.07, 6.45) is 5.18. The molecule has 1 aromatic rings. The molecule has 0 bridgehead atoms. The fraction of sp³-hybridized carbons (Fsp3) is 0.444. The molecule has 0 spiro atoms. The van der Waals surface area contributed by atoms with Gasteiger partial charge in [0.05, 0.1) is 12.4 Å². The number of carbonyl (C=O) groups is 1. The maximum absolute atomic E-state index is 11.1. The van der Waals surface area contributed by atoms with Gasteiger partial charge >= 0.3 is 0 Å². The molecule has 1 N–H and O–H groups in total. The average Bonchev–Trinajstić information content (AvgIpc) is 2.69. The zero-order valence-electron chi connectivity index (χ0n) is 7.97. The summed E-state index contributed by atoms with van der Waals surface area (Å²) in [6, 6.07) is 1.88. The highest BCUT2D eigenvalue weighted by Crippen LogP contribution is 1.90. The van der Waals surface area contributed by atoms with Crippen LogP contribution in [0.15, 0.2) is 18.7 Å². The minimum Gasteiger partial charge on any atom is -0.353 e. The Balaban J connectivity index is 2.23. The van der Waals surface area contributed by atoms with Crippen molar-refractivity contribution in [2.45, 2.75) is 13.5 Å². The molecule has 1 heterocycles. The van der Waals surface area contributed by atoms with Crippen molar-refractivity contribution >= 4 is 5.91 Å². The van der Waals surface area contributed by atoms with Crippen molar-refractivity contribution in [2.75, 3.05) is 6.54 Å². The monoisotopic (exact) mass is 192 g/mol. The highest BCUT2D eigenvalue weighted by Gasteiger charge is 2.09. The van der Waals surface area contributed by atoms with Crippen molar-refractivity contribution in [3.05, 3.63) is 18.7 Å². The smallest absolute Gasteiger partial charge is 0.237 e. The van der Waals surface area contributed by atoms with Gasteiger partial charge in [-0.15, -0.1) is 0 Å². The second-order valence-electron chi connectivity index (χ2n) is 2.94. The van der Waals surface area contributed by atoms with Gasteiger partial charge in [0.25, 0.3) is 0 Å². The normalized spacial score (nSPS) is 11.7. The van der Waals surface area contributed by atoms with Crippen LogP contribution in [0.4, 0.5) is 0 Å². The van der Waals surface area contributed by atoms with Gasteiger partial charge in [-0.3, -0.25) is 4.79 Å². The van der Waals surface area contributed by atoms with E-state index in [1.54, 1.807) is 19.4 Å². The van der Waals surface area contributed by atoms with Gasteiger partial charge in [0.2, 0.25) is 5.91 Å². The van der Waals surface area contributed by atoms with Crippen LogP contribution >= 0.6 is 0 Å². The van der Waals surface area contributed by atoms with Crippen LogP contribution in [0.5, 0.6) is 0 Å². The topological polar surface area (TPSA) is 70.7 Å². The van der Waals surface area contributed by atoms with Gasteiger partial charge < -0.3 is 9.88 Å². The quantitative estimate of drug-likeness (QED) is 0.738. The van der Waals surface area contributed by atoms with Crippen LogP contribution in [0.3, 0.4) is 0 Å². The van der Waals surface area contributed by atoms with E-state index in [1.165, 1.54) is 0 Å². The van der Waals surface area contributed by atoms with E-state index >= 15 is 0 Å². The Hall–Kier alpha value is -1.83. The Labute approximate surface area is 82.4 Å². The van der Waals surface area contributed by atoms with E-state index in [0.717, 1.165) is 0 Å². The lowest BCUT2D eigenvalue weighted by Gasteiger charge is -2.06. The highest BCUT2D eigenvalue weighted by molar-refractivity contribution is 5.80. The zero-order chi connectivity index (χ0) is 10.4. The van der Waals surface area contributed by atoms with E-state index in [9.17, 15) is 4.79 Å². The van der Waals surface area contributed by atoms with Gasteiger partial charge in [-0.1, -0.05) is 0 Å². The van der Waals surface area contributed by atoms with E-state index in [4.69, 9.17) is 5.26 Å². The molecule has 1 amide bonds. The van der Waals surface area contributed by atoms with Crippen LogP contribution in [-0.2, 0) is 11.3 Å². The van der Waals surface area contributed by atoms with Gasteiger partial charge in [-0.2, -0.15) is 5.26 Å². The van der Waals surface area contributed by atoms with E-state index in [-0.39, 0.29) is 5.91 Å². The Morgan fingerprint density at radius 3 is 3.14 bits per heavy atom. The first-order valence-corrected chi connectivity index (χ1v) is 4.37. The molecule has 0 aliphatic rings. The first kappa shape index (κ1) is 10.3. The van der Waals surface area contributed by atoms with Crippen LogP contribution < -0.4 is 5.32 Å². The van der Waals surface area contributed by atoms with Gasteiger partial charge in [0, 0.05) is 25.5 Å². The zero-order valence-corrected chi connectivity index (χ0v) is 7.97. The molecule has 14 heavy (non-hydrogen) atoms. The molecule has 5 heteroatoms. The molecule has 74 valence electrons. The third kappa shape index (κ3) is 2.90. The maximum Gasteiger partial charge on any atom is 0.237 e. The molecule has 0 aliphatic carbocycles. The second kappa shape index (κ2) is 5.02. The molecule has 5 nitrogen and oxygen atoms in total. The number of imidazole rings is 1. The summed E-state index contributed by atoms with van der Waals surface area (Å²) >= 11 is 0. The number of amides is 1. The highest BCUT2D eigenvalue weighted by atomic mass is 16.1. The van der Waals surface area contributed by atoms with Crippen molar-refractivity contribution in [3.8, 4) is 6.07 Å². The van der Waals surface area contributed by atoms with Gasteiger partial charge in [-0.05, 0) is 6.92 Å². The van der Waals surface area contributed by atoms with Crippen LogP contribution in [0.25, 0.3) is 0 Å². The molecule has 0 saturated heterocycles. The molecule has 1 aromatic heterocycles. The van der Waals surface area contributed by atoms with Crippen LogP contribution in [0.1, 0.15) is 6.92 Å². The van der Waals surface area contributed by atoms with Crippen LogP contribution in [0, 0.1) is 17.2 Å². The van der Waals surface area contributed by atoms with Crippen molar-refractivity contribution in [3.63, 3.8) is 0 Å². The number of rotatable bonds is 4. The molecule has 1 rings (SSSR count). The Morgan fingerprint density at radius 2 is 2.57 bits per heavy atom. The van der Waals surface area contributed by atoms with Gasteiger partial charge in [0.15, 0.2) is 0 Å². The van der Waals surface area contributed by atoms with Crippen LogP contribution in [0.2, 0.25) is 0 Å². The number of aromatic nitrogens is 2. The van der Waals surface area contributed by atoms with Crippen molar-refractivity contribution in [2.24, 2.45) is 5.92 Å². The molecule has 1 unspecified atom stereocenters. The summed E-state index contributed by atoms with van der Waals surface area (Å²) in [7, 11) is 0. The van der Waals surface area contributed by atoms with E-state index in [0.29, 0.717) is 13.1 Å². The van der Waals surface area contributed by atoms with Crippen molar-refractivity contribution < 1.29 is 4.79 Å². The molecule has 0 radical (unpaired) electrons. The fourth-order valence-electron chi connectivity index (χ4n) is 0.939. The fourth-order valence-corrected chi connectivity index (χ4v) is 0.939. The first-order chi connectivity index (χ1) is 6.74. The number of hydrogen-bond donors (Lipinski definition) is 1. The minimum absolute atomic E-state index is 0.229. The molecule has 0 aliphatic heterocycles. The number of nitrogens with zero attached hydrogens (tertiary/aromatic N) is 3. The number of nitrogens with one attached hydrogen (secondary N) is 1. The lowest BCUT2D eigenvalue weighted by Crippen LogP contribution is -2.31. The Kier molecular flexibility index (Phi) is 3.68. The summed E-state index contributed by atoms with van der Waals surface area (Å²) in [6.45, 7) is 2.76. The maximum atomic E-state index is 11.1. The predicted octanol–water partition coefficient (Wildman–Crippen LogP) is 0.159. The standard InChI is InChI=1S/C9H12N4O/c1-8(6-10)9(14)12-3-5-13-4-2-11-7-13/h2,4,7-8H,3,5H2,1H3,(H,12,14). The number of nitriles is 1. The van der Waals surface area contributed by atoms with E-state index < -0.39 is 5.92 Å². The summed E-state index contributed by atoms with van der Waals surface area (Å²) < 4.78 is 1.86. The van der Waals surface area contributed by atoms with E-state index in [1.807, 2.05) is 16.8 Å². The summed E-state index contributed by atoms with van der Waals surface area (Å²) in [5.74, 6) is -0.814. The Bertz CT molecular complexity index is 325. The SMILES string of the molecule is CC(C#N)C(=O)NCCn1ccnc1. The summed E-state index contributed by atoms with van der Waals surface area (Å²) in [4.78, 5) is 15.0. The second-order valence-corrected chi connectivity index (χ2v) is 2.94. The summed E-state index contributed by atoms with van der Waals surface area (Å²) in [5.41, 5.74) is 0. The molecular weight excluding hydrogens is 180 g/mol. The molecule has 0 fully saturated rings. The van der Waals surface area contributed by atoms with Crippen molar-refractivity contribution in [1.82, 2.24) is 14.9 Å². The number of hydrogen-bond acceptors (Lipinski definition) is 3. The Morgan fingerprint density at radius 1 is 1.79 bits per heavy atom. The molecule has 1 atom stereocenters. The van der Waals surface area contributed by atoms with Gasteiger partial charge in [0.1, 0.15) is 5.92 Å². The number of carbonyl (C=O) groups excluding carboxylic acids is 1. The third-order valence-electron chi connectivity index (χ3n) is 1.82. The van der Waals surface area contributed by atoms with E-state index in [2.05, 4.69) is 10.3 Å². The van der Waals surface area contributed by atoms with Crippen LogP contribution in [-0.4, -0.2) is 22.0 Å². The predicted molar refractivity (Wildman–Crippen MR) is 50.0 cm³/mol. The minimum atomic E-state index is -0.585. The first-order valence-electron chi connectivity index (χ1n) is 4.37. The average molecular weight is 192 g/mol. The summed E-state index contributed by atoms with van der Waals surface area (Å²) in [5, 5.41) is 11.1. The van der Waals surface area contributed by atoms with Crippen molar-refractivity contribution in [1.29, 1.82) is 5.26 Å². The molecule has 0 aromatic carbocycles. The lowest BCUT2D eigenvalue weighted by atomic mass is 10.2. The lowest BCUT2D eigenvalue weighted by molar-refractivity contribution is -0.122. The molecular formula is C9H12N4O. The largest absolute Gasteiger partial charge is 0.353 e. The molecule has 0 saturated carbocycles. The van der Waals surface area contributed by atoms with Gasteiger partial charge in [-0.25, -0.2) is 4.98 Å². The third-order valence-corrected chi connectivity index (χ3v) is 1.82.